The van der Waals surface area contributed by atoms with Crippen molar-refractivity contribution in [2.24, 2.45) is 0 Å². The number of hydrogen-bond acceptors (Lipinski definition) is 1. The second kappa shape index (κ2) is 10.1. The first-order valence-electron chi connectivity index (χ1n) is 1.83. The molecule has 34 valence electrons. The summed E-state index contributed by atoms with van der Waals surface area (Å²) in [5.41, 5.74) is 0. The molecular weight excluding hydrogens is 117 g/mol. The van der Waals surface area contributed by atoms with Gasteiger partial charge in [-0.3, -0.25) is 0 Å². The van der Waals surface area contributed by atoms with E-state index in [0.29, 0.717) is 13.0 Å². The molecule has 0 rings (SSSR count). The summed E-state index contributed by atoms with van der Waals surface area (Å²) < 4.78 is 0. The van der Waals surface area contributed by atoms with Crippen LogP contribution in [0.25, 0.3) is 4.85 Å². The molecule has 0 saturated carbocycles. The minimum atomic E-state index is -0.109. The molecule has 0 heterocycles. The first kappa shape index (κ1) is 11.0. The van der Waals surface area contributed by atoms with Crippen molar-refractivity contribution in [1.82, 2.24) is 0 Å². The van der Waals surface area contributed by atoms with Crippen LogP contribution >= 0.6 is 0 Å². The Labute approximate surface area is 86.2 Å². The Morgan fingerprint density at radius 2 is 2.14 bits per heavy atom. The van der Waals surface area contributed by atoms with Crippen LogP contribution in [0.1, 0.15) is 6.42 Å². The minimum Gasteiger partial charge on any atom is -0.854 e. The van der Waals surface area contributed by atoms with Crippen molar-refractivity contribution in [3.05, 3.63) is 11.4 Å². The van der Waals surface area contributed by atoms with Crippen LogP contribution < -0.4 is 56.5 Å². The van der Waals surface area contributed by atoms with Crippen LogP contribution in [0.15, 0.2) is 0 Å². The van der Waals surface area contributed by atoms with Crippen LogP contribution in [-0.4, -0.2) is 13.2 Å². The first-order chi connectivity index (χ1) is 2.91. The Balaban J connectivity index is 0. The fraction of sp³-hybridized carbons (Fsp3) is 0.750. The molecule has 0 fully saturated rings. The third-order valence-corrected chi connectivity index (χ3v) is 0.414. The van der Waals surface area contributed by atoms with E-state index in [-0.39, 0.29) is 58.0 Å². The van der Waals surface area contributed by atoms with Gasteiger partial charge in [-0.1, -0.05) is 0 Å². The second-order valence-electron chi connectivity index (χ2n) is 0.939. The average molecular weight is 123 g/mol. The summed E-state index contributed by atoms with van der Waals surface area (Å²) in [6, 6.07) is 0. The molecule has 0 aromatic rings. The van der Waals surface area contributed by atoms with Gasteiger partial charge in [0.1, 0.15) is 0 Å². The number of rotatable bonds is 2. The Morgan fingerprint density at radius 1 is 1.57 bits per heavy atom. The van der Waals surface area contributed by atoms with Crippen molar-refractivity contribution < 1.29 is 56.5 Å². The van der Waals surface area contributed by atoms with Crippen LogP contribution in [0, 0.1) is 6.57 Å². The van der Waals surface area contributed by atoms with Crippen LogP contribution in [0.2, 0.25) is 0 Å². The molecule has 0 aromatic heterocycles. The molecule has 0 amide bonds. The van der Waals surface area contributed by atoms with Gasteiger partial charge in [-0.2, -0.15) is 0 Å². The van der Waals surface area contributed by atoms with Gasteiger partial charge in [0.05, 0.1) is 0 Å². The Hall–Kier alpha value is 1.09. The van der Waals surface area contributed by atoms with Crippen LogP contribution in [0.5, 0.6) is 0 Å². The topological polar surface area (TPSA) is 27.4 Å². The first-order valence-corrected chi connectivity index (χ1v) is 1.83. The maximum atomic E-state index is 9.55. The monoisotopic (exact) mass is 123 g/mol. The van der Waals surface area contributed by atoms with Gasteiger partial charge in [0, 0.05) is 6.42 Å². The van der Waals surface area contributed by atoms with Gasteiger partial charge in [-0.25, -0.2) is 6.57 Å². The van der Waals surface area contributed by atoms with E-state index in [4.69, 9.17) is 6.57 Å². The molecule has 0 radical (unpaired) electrons. The molecule has 0 bridgehead atoms. The summed E-state index contributed by atoms with van der Waals surface area (Å²) in [5.74, 6) is 0. The molecule has 3 heteroatoms. The zero-order valence-corrected chi connectivity index (χ0v) is 7.60. The fourth-order valence-corrected chi connectivity index (χ4v) is 0.144. The predicted molar refractivity (Wildman–Crippen MR) is 21.0 cm³/mol. The summed E-state index contributed by atoms with van der Waals surface area (Å²) in [5, 5.41) is 9.55. The van der Waals surface area contributed by atoms with Crippen molar-refractivity contribution in [3.8, 4) is 0 Å². The average Bonchev–Trinajstić information content (AvgIpc) is 1.61. The third kappa shape index (κ3) is 11.0. The van der Waals surface area contributed by atoms with Gasteiger partial charge in [0.2, 0.25) is 6.54 Å². The van der Waals surface area contributed by atoms with Crippen molar-refractivity contribution >= 4 is 0 Å². The van der Waals surface area contributed by atoms with Crippen molar-refractivity contribution in [1.29, 1.82) is 0 Å². The van der Waals surface area contributed by atoms with E-state index in [1.807, 2.05) is 0 Å². The van der Waals surface area contributed by atoms with E-state index in [1.54, 1.807) is 0 Å². The fourth-order valence-electron chi connectivity index (χ4n) is 0.144. The predicted octanol–water partition coefficient (Wildman–Crippen LogP) is -3.34. The Bertz CT molecular complexity index is 59.2. The van der Waals surface area contributed by atoms with E-state index in [1.165, 1.54) is 0 Å². The molecule has 0 aliphatic rings. The summed E-state index contributed by atoms with van der Waals surface area (Å²) in [7, 11) is 0. The minimum absolute atomic E-state index is 0. The maximum absolute atomic E-state index is 9.55. The van der Waals surface area contributed by atoms with E-state index in [0.717, 1.165) is 0 Å². The Morgan fingerprint density at radius 3 is 2.29 bits per heavy atom. The van der Waals surface area contributed by atoms with Crippen molar-refractivity contribution in [3.63, 3.8) is 0 Å². The number of hydrogen-bond donors (Lipinski definition) is 0. The summed E-state index contributed by atoms with van der Waals surface area (Å²) >= 11 is 0. The SMILES string of the molecule is [C-]#[N+]CCC[O-].[K+]. The molecule has 7 heavy (non-hydrogen) atoms. The molecule has 0 spiro atoms. The zero-order valence-electron chi connectivity index (χ0n) is 4.48. The van der Waals surface area contributed by atoms with Gasteiger partial charge in [0.25, 0.3) is 0 Å². The van der Waals surface area contributed by atoms with Crippen LogP contribution in [-0.2, 0) is 0 Å². The molecule has 0 aliphatic carbocycles. The van der Waals surface area contributed by atoms with Crippen molar-refractivity contribution in [2.45, 2.75) is 6.42 Å². The quantitative estimate of drug-likeness (QED) is 0.214. The zero-order chi connectivity index (χ0) is 4.83. The molecule has 0 unspecified atom stereocenters. The van der Waals surface area contributed by atoms with Gasteiger partial charge >= 0.3 is 51.4 Å². The smallest absolute Gasteiger partial charge is 0.854 e. The third-order valence-electron chi connectivity index (χ3n) is 0.414. The van der Waals surface area contributed by atoms with Crippen LogP contribution in [0.3, 0.4) is 0 Å². The number of nitrogens with zero attached hydrogens (tertiary/aromatic N) is 1. The van der Waals surface area contributed by atoms with Crippen molar-refractivity contribution in [2.75, 3.05) is 13.2 Å². The normalized spacial score (nSPS) is 6.29. The van der Waals surface area contributed by atoms with Crippen LogP contribution in [0.4, 0.5) is 0 Å². The molecule has 0 aromatic carbocycles. The van der Waals surface area contributed by atoms with Gasteiger partial charge in [-0.15, -0.1) is 6.61 Å². The van der Waals surface area contributed by atoms with E-state index in [2.05, 4.69) is 4.85 Å². The Kier molecular flexibility index (Phi) is 15.9. The van der Waals surface area contributed by atoms with E-state index < -0.39 is 0 Å². The standard InChI is InChI=1S/C4H6NO.K/c1-5-3-2-4-6;/h2-4H2;/q-1;+1. The molecular formula is C4H6KNO. The largest absolute Gasteiger partial charge is 1.00 e. The van der Waals surface area contributed by atoms with Gasteiger partial charge < -0.3 is 9.95 Å². The van der Waals surface area contributed by atoms with Gasteiger partial charge in [-0.05, 0) is 0 Å². The molecule has 0 aliphatic heterocycles. The molecule has 0 atom stereocenters. The second-order valence-corrected chi connectivity index (χ2v) is 0.939. The summed E-state index contributed by atoms with van der Waals surface area (Å²) in [6.07, 6.45) is 0.503. The molecule has 0 N–H and O–H groups in total. The van der Waals surface area contributed by atoms with Gasteiger partial charge in [0.15, 0.2) is 0 Å². The van der Waals surface area contributed by atoms with E-state index in [9.17, 15) is 5.11 Å². The summed E-state index contributed by atoms with van der Waals surface area (Å²) in [4.78, 5) is 2.98. The molecule has 0 saturated heterocycles. The molecule has 2 nitrogen and oxygen atoms in total. The summed E-state index contributed by atoms with van der Waals surface area (Å²) in [6.45, 7) is 6.48. The van der Waals surface area contributed by atoms with E-state index >= 15 is 0 Å². The maximum Gasteiger partial charge on any atom is 1.00 e.